The Balaban J connectivity index is 2.13. The standard InChI is InChI=1S/C12H15N3S/c1-8-6-10-9(7-13-8)12(15(2)14-10)11-4-3-5-16-11/h3-5,8,13H,6-7H2,1-2H3/t8-/m0/s1. The van der Waals surface area contributed by atoms with Crippen LogP contribution >= 0.6 is 11.3 Å². The molecule has 0 aliphatic carbocycles. The lowest BCUT2D eigenvalue weighted by molar-refractivity contribution is 0.507. The number of hydrogen-bond acceptors (Lipinski definition) is 3. The lowest BCUT2D eigenvalue weighted by Gasteiger charge is -2.19. The van der Waals surface area contributed by atoms with Crippen LogP contribution < -0.4 is 5.32 Å². The number of thiophene rings is 1. The SMILES string of the molecule is C[C@H]1Cc2nn(C)c(-c3cccs3)c2CN1. The Morgan fingerprint density at radius 1 is 1.56 bits per heavy atom. The van der Waals surface area contributed by atoms with E-state index in [9.17, 15) is 0 Å². The van der Waals surface area contributed by atoms with Gasteiger partial charge in [-0.25, -0.2) is 0 Å². The summed E-state index contributed by atoms with van der Waals surface area (Å²) in [6.45, 7) is 3.15. The number of nitrogens with one attached hydrogen (secondary N) is 1. The number of nitrogens with zero attached hydrogens (tertiary/aromatic N) is 2. The number of rotatable bonds is 1. The van der Waals surface area contributed by atoms with Gasteiger partial charge in [-0.05, 0) is 18.4 Å². The number of fused-ring (bicyclic) bond motifs is 1. The summed E-state index contributed by atoms with van der Waals surface area (Å²) in [5, 5.41) is 10.3. The molecule has 0 radical (unpaired) electrons. The van der Waals surface area contributed by atoms with E-state index >= 15 is 0 Å². The normalized spacial score (nSPS) is 19.8. The first-order chi connectivity index (χ1) is 7.75. The maximum atomic E-state index is 4.64. The Bertz CT molecular complexity index is 499. The minimum Gasteiger partial charge on any atom is -0.310 e. The molecule has 3 heterocycles. The molecule has 3 rings (SSSR count). The number of hydrogen-bond donors (Lipinski definition) is 1. The van der Waals surface area contributed by atoms with Gasteiger partial charge >= 0.3 is 0 Å². The summed E-state index contributed by atoms with van der Waals surface area (Å²) in [6, 6.07) is 4.80. The van der Waals surface area contributed by atoms with E-state index in [2.05, 4.69) is 34.9 Å². The van der Waals surface area contributed by atoms with Crippen LogP contribution in [0.5, 0.6) is 0 Å². The van der Waals surface area contributed by atoms with Crippen LogP contribution in [0.25, 0.3) is 10.6 Å². The van der Waals surface area contributed by atoms with Gasteiger partial charge in [0.05, 0.1) is 16.3 Å². The molecule has 0 fully saturated rings. The second-order valence-electron chi connectivity index (χ2n) is 4.36. The fourth-order valence-corrected chi connectivity index (χ4v) is 3.16. The van der Waals surface area contributed by atoms with Crippen molar-refractivity contribution in [2.45, 2.75) is 25.9 Å². The summed E-state index contributed by atoms with van der Waals surface area (Å²) in [4.78, 5) is 1.31. The third-order valence-corrected chi connectivity index (χ3v) is 3.99. The highest BCUT2D eigenvalue weighted by atomic mass is 32.1. The first kappa shape index (κ1) is 10.1. The predicted molar refractivity (Wildman–Crippen MR) is 66.5 cm³/mol. The minimum atomic E-state index is 0.540. The van der Waals surface area contributed by atoms with Crippen LogP contribution in [-0.4, -0.2) is 15.8 Å². The van der Waals surface area contributed by atoms with E-state index in [1.807, 2.05) is 11.7 Å². The smallest absolute Gasteiger partial charge is 0.0826 e. The zero-order valence-electron chi connectivity index (χ0n) is 9.53. The Hall–Kier alpha value is -1.13. The van der Waals surface area contributed by atoms with Gasteiger partial charge in [0.2, 0.25) is 0 Å². The molecule has 0 spiro atoms. The Morgan fingerprint density at radius 3 is 3.19 bits per heavy atom. The minimum absolute atomic E-state index is 0.540. The van der Waals surface area contributed by atoms with E-state index in [-0.39, 0.29) is 0 Å². The van der Waals surface area contributed by atoms with Gasteiger partial charge in [-0.15, -0.1) is 11.3 Å². The van der Waals surface area contributed by atoms with Crippen molar-refractivity contribution >= 4 is 11.3 Å². The van der Waals surface area contributed by atoms with Gasteiger partial charge < -0.3 is 5.32 Å². The highest BCUT2D eigenvalue weighted by Gasteiger charge is 2.23. The summed E-state index contributed by atoms with van der Waals surface area (Å²) < 4.78 is 2.02. The van der Waals surface area contributed by atoms with E-state index in [0.717, 1.165) is 13.0 Å². The molecule has 1 atom stereocenters. The molecule has 84 valence electrons. The van der Waals surface area contributed by atoms with Gasteiger partial charge in [-0.1, -0.05) is 6.07 Å². The van der Waals surface area contributed by atoms with Crippen LogP contribution in [0.1, 0.15) is 18.2 Å². The molecule has 16 heavy (non-hydrogen) atoms. The number of aromatic nitrogens is 2. The summed E-state index contributed by atoms with van der Waals surface area (Å²) in [5.41, 5.74) is 3.92. The highest BCUT2D eigenvalue weighted by Crippen LogP contribution is 2.31. The van der Waals surface area contributed by atoms with Gasteiger partial charge in [0.1, 0.15) is 0 Å². The van der Waals surface area contributed by atoms with Crippen molar-refractivity contribution in [1.29, 1.82) is 0 Å². The van der Waals surface area contributed by atoms with Crippen molar-refractivity contribution in [3.05, 3.63) is 28.8 Å². The second-order valence-corrected chi connectivity index (χ2v) is 5.31. The molecule has 0 aromatic carbocycles. The van der Waals surface area contributed by atoms with Crippen LogP contribution in [0.4, 0.5) is 0 Å². The quantitative estimate of drug-likeness (QED) is 0.818. The van der Waals surface area contributed by atoms with Gasteiger partial charge in [0.15, 0.2) is 0 Å². The largest absolute Gasteiger partial charge is 0.310 e. The monoisotopic (exact) mass is 233 g/mol. The van der Waals surface area contributed by atoms with Crippen LogP contribution in [-0.2, 0) is 20.0 Å². The molecule has 0 amide bonds. The third kappa shape index (κ3) is 1.49. The fourth-order valence-electron chi connectivity index (χ4n) is 2.33. The first-order valence-electron chi connectivity index (χ1n) is 5.57. The first-order valence-corrected chi connectivity index (χ1v) is 6.45. The summed E-state index contributed by atoms with van der Waals surface area (Å²) >= 11 is 1.78. The Morgan fingerprint density at radius 2 is 2.44 bits per heavy atom. The average Bonchev–Trinajstić information content (AvgIpc) is 2.83. The van der Waals surface area contributed by atoms with Gasteiger partial charge in [0, 0.05) is 31.6 Å². The molecule has 0 saturated carbocycles. The summed E-state index contributed by atoms with van der Waals surface area (Å²) in [7, 11) is 2.04. The van der Waals surface area contributed by atoms with Crippen LogP contribution in [0.15, 0.2) is 17.5 Å². The Kier molecular flexibility index (Phi) is 2.33. The van der Waals surface area contributed by atoms with Crippen molar-refractivity contribution in [2.24, 2.45) is 7.05 Å². The molecule has 1 aliphatic heterocycles. The van der Waals surface area contributed by atoms with Gasteiger partial charge in [-0.3, -0.25) is 4.68 Å². The maximum Gasteiger partial charge on any atom is 0.0826 e. The lowest BCUT2D eigenvalue weighted by Crippen LogP contribution is -2.32. The molecule has 3 nitrogen and oxygen atoms in total. The lowest BCUT2D eigenvalue weighted by atomic mass is 10.0. The summed E-state index contributed by atoms with van der Waals surface area (Å²) in [5.74, 6) is 0. The van der Waals surface area contributed by atoms with Crippen LogP contribution in [0.3, 0.4) is 0 Å². The molecule has 1 aliphatic rings. The van der Waals surface area contributed by atoms with E-state index in [4.69, 9.17) is 0 Å². The third-order valence-electron chi connectivity index (χ3n) is 3.11. The number of aryl methyl sites for hydroxylation is 1. The zero-order chi connectivity index (χ0) is 11.1. The van der Waals surface area contributed by atoms with Crippen molar-refractivity contribution in [3.63, 3.8) is 0 Å². The zero-order valence-corrected chi connectivity index (χ0v) is 10.3. The average molecular weight is 233 g/mol. The molecule has 1 N–H and O–H groups in total. The van der Waals surface area contributed by atoms with Crippen molar-refractivity contribution in [3.8, 4) is 10.6 Å². The van der Waals surface area contributed by atoms with E-state index in [0.29, 0.717) is 6.04 Å². The molecule has 0 unspecified atom stereocenters. The van der Waals surface area contributed by atoms with E-state index < -0.39 is 0 Å². The second kappa shape index (κ2) is 3.71. The fraction of sp³-hybridized carbons (Fsp3) is 0.417. The molecule has 2 aromatic rings. The van der Waals surface area contributed by atoms with Crippen molar-refractivity contribution in [2.75, 3.05) is 0 Å². The highest BCUT2D eigenvalue weighted by molar-refractivity contribution is 7.13. The predicted octanol–water partition coefficient (Wildman–Crippen LogP) is 2.18. The Labute approximate surface area is 99.1 Å². The molecule has 4 heteroatoms. The van der Waals surface area contributed by atoms with Crippen molar-refractivity contribution < 1.29 is 0 Å². The topological polar surface area (TPSA) is 29.9 Å². The maximum absolute atomic E-state index is 4.64. The molecular weight excluding hydrogens is 218 g/mol. The van der Waals surface area contributed by atoms with Gasteiger partial charge in [0.25, 0.3) is 0 Å². The van der Waals surface area contributed by atoms with Crippen LogP contribution in [0, 0.1) is 0 Å². The van der Waals surface area contributed by atoms with Crippen LogP contribution in [0.2, 0.25) is 0 Å². The molecule has 0 saturated heterocycles. The van der Waals surface area contributed by atoms with Crippen molar-refractivity contribution in [1.82, 2.24) is 15.1 Å². The molecule has 2 aromatic heterocycles. The molecule has 0 bridgehead atoms. The van der Waals surface area contributed by atoms with E-state index in [1.54, 1.807) is 11.3 Å². The summed E-state index contributed by atoms with van der Waals surface area (Å²) in [6.07, 6.45) is 1.04. The molecular formula is C12H15N3S. The van der Waals surface area contributed by atoms with Gasteiger partial charge in [-0.2, -0.15) is 5.10 Å². The van der Waals surface area contributed by atoms with E-state index in [1.165, 1.54) is 21.8 Å².